The second-order valence-electron chi connectivity index (χ2n) is 5.08. The van der Waals surface area contributed by atoms with Gasteiger partial charge in [0, 0.05) is 13.0 Å². The third-order valence-corrected chi connectivity index (χ3v) is 3.61. The normalized spacial score (nSPS) is 23.3. The van der Waals surface area contributed by atoms with Crippen molar-refractivity contribution in [2.75, 3.05) is 13.1 Å². The molecular formula is C13H22N4O2. The Hall–Kier alpha value is -1.43. The van der Waals surface area contributed by atoms with Gasteiger partial charge in [-0.1, -0.05) is 18.5 Å². The monoisotopic (exact) mass is 266 g/mol. The van der Waals surface area contributed by atoms with Crippen LogP contribution in [-0.4, -0.2) is 35.2 Å². The summed E-state index contributed by atoms with van der Waals surface area (Å²) in [5.74, 6) is 1.94. The molecule has 0 saturated carbocycles. The minimum Gasteiger partial charge on any atom is -0.354 e. The van der Waals surface area contributed by atoms with Gasteiger partial charge >= 0.3 is 0 Å². The van der Waals surface area contributed by atoms with Gasteiger partial charge in [0.2, 0.25) is 11.8 Å². The molecule has 1 aromatic rings. The third kappa shape index (κ3) is 4.02. The Bertz CT molecular complexity index is 419. The van der Waals surface area contributed by atoms with E-state index in [0.717, 1.165) is 19.4 Å². The molecular weight excluding hydrogens is 244 g/mol. The van der Waals surface area contributed by atoms with Crippen LogP contribution in [0.25, 0.3) is 0 Å². The van der Waals surface area contributed by atoms with Crippen LogP contribution >= 0.6 is 0 Å². The molecule has 106 valence electrons. The highest BCUT2D eigenvalue weighted by Gasteiger charge is 2.25. The number of carbonyl (C=O) groups is 1. The van der Waals surface area contributed by atoms with Crippen molar-refractivity contribution in [3.8, 4) is 0 Å². The first-order valence-corrected chi connectivity index (χ1v) is 6.99. The molecule has 0 radical (unpaired) electrons. The Kier molecular flexibility index (Phi) is 4.90. The topological polar surface area (TPSA) is 80.0 Å². The standard InChI is InChI=1S/C13H22N4O2/c1-3-10-4-6-14-11(8-10)13(18)15-7-5-12-16-9(2)17-19-12/h10-11,14H,3-8H2,1-2H3,(H,15,18). The molecule has 1 saturated heterocycles. The van der Waals surface area contributed by atoms with Crippen LogP contribution in [0.4, 0.5) is 0 Å². The summed E-state index contributed by atoms with van der Waals surface area (Å²) >= 11 is 0. The number of amides is 1. The molecule has 1 fully saturated rings. The third-order valence-electron chi connectivity index (χ3n) is 3.61. The van der Waals surface area contributed by atoms with Crippen LogP contribution in [0.3, 0.4) is 0 Å². The van der Waals surface area contributed by atoms with Gasteiger partial charge in [-0.15, -0.1) is 0 Å². The molecule has 0 spiro atoms. The van der Waals surface area contributed by atoms with Crippen LogP contribution in [0, 0.1) is 12.8 Å². The predicted molar refractivity (Wildman–Crippen MR) is 70.6 cm³/mol. The van der Waals surface area contributed by atoms with Crippen LogP contribution in [0.2, 0.25) is 0 Å². The molecule has 2 unspecified atom stereocenters. The number of nitrogens with one attached hydrogen (secondary N) is 2. The number of aromatic nitrogens is 2. The smallest absolute Gasteiger partial charge is 0.237 e. The van der Waals surface area contributed by atoms with E-state index in [4.69, 9.17) is 4.52 Å². The minimum absolute atomic E-state index is 0.0527. The lowest BCUT2D eigenvalue weighted by Crippen LogP contribution is -2.49. The largest absolute Gasteiger partial charge is 0.354 e. The number of aryl methyl sites for hydroxylation is 1. The maximum atomic E-state index is 12.0. The Labute approximate surface area is 113 Å². The van der Waals surface area contributed by atoms with Crippen molar-refractivity contribution < 1.29 is 9.32 Å². The maximum absolute atomic E-state index is 12.0. The first-order valence-electron chi connectivity index (χ1n) is 6.99. The average molecular weight is 266 g/mol. The number of piperidine rings is 1. The molecule has 2 heterocycles. The highest BCUT2D eigenvalue weighted by molar-refractivity contribution is 5.81. The fraction of sp³-hybridized carbons (Fsp3) is 0.769. The van der Waals surface area contributed by atoms with E-state index in [1.807, 2.05) is 0 Å². The molecule has 0 bridgehead atoms. The van der Waals surface area contributed by atoms with Gasteiger partial charge in [0.1, 0.15) is 0 Å². The first-order chi connectivity index (χ1) is 9.19. The molecule has 2 rings (SSSR count). The fourth-order valence-corrected chi connectivity index (χ4v) is 2.42. The molecule has 1 aliphatic heterocycles. The van der Waals surface area contributed by atoms with Crippen LogP contribution in [0.15, 0.2) is 4.52 Å². The SMILES string of the molecule is CCC1CCNC(C(=O)NCCc2nc(C)no2)C1. The van der Waals surface area contributed by atoms with Gasteiger partial charge in [-0.3, -0.25) is 4.79 Å². The second-order valence-corrected chi connectivity index (χ2v) is 5.08. The highest BCUT2D eigenvalue weighted by atomic mass is 16.5. The van der Waals surface area contributed by atoms with Crippen molar-refractivity contribution in [3.63, 3.8) is 0 Å². The van der Waals surface area contributed by atoms with Gasteiger partial charge in [-0.05, 0) is 32.2 Å². The van der Waals surface area contributed by atoms with Crippen molar-refractivity contribution in [1.82, 2.24) is 20.8 Å². The molecule has 1 amide bonds. The Balaban J connectivity index is 1.72. The van der Waals surface area contributed by atoms with E-state index in [9.17, 15) is 4.79 Å². The van der Waals surface area contributed by atoms with Crippen molar-refractivity contribution in [2.45, 2.75) is 45.6 Å². The van der Waals surface area contributed by atoms with Crippen LogP contribution < -0.4 is 10.6 Å². The van der Waals surface area contributed by atoms with Gasteiger partial charge in [-0.2, -0.15) is 4.98 Å². The number of carbonyl (C=O) groups excluding carboxylic acids is 1. The lowest BCUT2D eigenvalue weighted by Gasteiger charge is -2.28. The molecule has 6 heteroatoms. The summed E-state index contributed by atoms with van der Waals surface area (Å²) in [6.45, 7) is 5.43. The van der Waals surface area contributed by atoms with Crippen molar-refractivity contribution in [2.24, 2.45) is 5.92 Å². The summed E-state index contributed by atoms with van der Waals surface area (Å²) in [5.41, 5.74) is 0. The summed E-state index contributed by atoms with van der Waals surface area (Å²) in [6, 6.07) is -0.0527. The van der Waals surface area contributed by atoms with Gasteiger partial charge in [0.05, 0.1) is 6.04 Å². The zero-order chi connectivity index (χ0) is 13.7. The van der Waals surface area contributed by atoms with Crippen LogP contribution in [0.1, 0.15) is 37.9 Å². The Morgan fingerprint density at radius 1 is 1.58 bits per heavy atom. The molecule has 6 nitrogen and oxygen atoms in total. The number of hydrogen-bond acceptors (Lipinski definition) is 5. The molecule has 1 aromatic heterocycles. The zero-order valence-corrected chi connectivity index (χ0v) is 11.6. The number of rotatable bonds is 5. The van der Waals surface area contributed by atoms with E-state index in [2.05, 4.69) is 27.7 Å². The van der Waals surface area contributed by atoms with E-state index in [1.165, 1.54) is 6.42 Å². The zero-order valence-electron chi connectivity index (χ0n) is 11.6. The molecule has 0 aromatic carbocycles. The van der Waals surface area contributed by atoms with E-state index < -0.39 is 0 Å². The molecule has 19 heavy (non-hydrogen) atoms. The van der Waals surface area contributed by atoms with Crippen molar-refractivity contribution in [1.29, 1.82) is 0 Å². The summed E-state index contributed by atoms with van der Waals surface area (Å²) in [4.78, 5) is 16.1. The fourth-order valence-electron chi connectivity index (χ4n) is 2.42. The summed E-state index contributed by atoms with van der Waals surface area (Å²) < 4.78 is 5.00. The number of nitrogens with zero attached hydrogens (tertiary/aromatic N) is 2. The van der Waals surface area contributed by atoms with Crippen LogP contribution in [-0.2, 0) is 11.2 Å². The summed E-state index contributed by atoms with van der Waals surface area (Å²) in [6.07, 6.45) is 3.83. The van der Waals surface area contributed by atoms with E-state index >= 15 is 0 Å². The Morgan fingerprint density at radius 3 is 3.11 bits per heavy atom. The summed E-state index contributed by atoms with van der Waals surface area (Å²) in [7, 11) is 0. The predicted octanol–water partition coefficient (Wildman–Crippen LogP) is 0.815. The van der Waals surface area contributed by atoms with E-state index in [1.54, 1.807) is 6.92 Å². The van der Waals surface area contributed by atoms with Gasteiger partial charge in [0.25, 0.3) is 0 Å². The molecule has 2 atom stereocenters. The molecule has 0 aliphatic carbocycles. The lowest BCUT2D eigenvalue weighted by molar-refractivity contribution is -0.124. The van der Waals surface area contributed by atoms with Gasteiger partial charge < -0.3 is 15.2 Å². The average Bonchev–Trinajstić information content (AvgIpc) is 2.84. The van der Waals surface area contributed by atoms with E-state index in [-0.39, 0.29) is 11.9 Å². The first kappa shape index (κ1) is 14.0. The van der Waals surface area contributed by atoms with Crippen LogP contribution in [0.5, 0.6) is 0 Å². The summed E-state index contributed by atoms with van der Waals surface area (Å²) in [5, 5.41) is 9.91. The van der Waals surface area contributed by atoms with E-state index in [0.29, 0.717) is 30.6 Å². The molecule has 1 aliphatic rings. The quantitative estimate of drug-likeness (QED) is 0.824. The second kappa shape index (κ2) is 6.65. The van der Waals surface area contributed by atoms with Gasteiger partial charge in [0.15, 0.2) is 5.82 Å². The minimum atomic E-state index is -0.0527. The maximum Gasteiger partial charge on any atom is 0.237 e. The van der Waals surface area contributed by atoms with Gasteiger partial charge in [-0.25, -0.2) is 0 Å². The van der Waals surface area contributed by atoms with Crippen molar-refractivity contribution in [3.05, 3.63) is 11.7 Å². The lowest BCUT2D eigenvalue weighted by atomic mass is 9.90. The highest BCUT2D eigenvalue weighted by Crippen LogP contribution is 2.19. The van der Waals surface area contributed by atoms with Crippen molar-refractivity contribution >= 4 is 5.91 Å². The molecule has 2 N–H and O–H groups in total. The Morgan fingerprint density at radius 2 is 2.42 bits per heavy atom. The number of hydrogen-bond donors (Lipinski definition) is 2.